The molecule has 3 aromatic rings. The van der Waals surface area contributed by atoms with Gasteiger partial charge in [-0.25, -0.2) is 14.2 Å². The van der Waals surface area contributed by atoms with Crippen molar-refractivity contribution in [1.82, 2.24) is 4.98 Å². The number of carbonyl (C=O) groups is 1. The molecule has 1 N–H and O–H groups in total. The minimum atomic E-state index is -1.02. The molecule has 0 fully saturated rings. The van der Waals surface area contributed by atoms with E-state index in [4.69, 9.17) is 0 Å². The molecule has 1 aromatic heterocycles. The van der Waals surface area contributed by atoms with Gasteiger partial charge in [0.25, 0.3) is 0 Å². The first-order chi connectivity index (χ1) is 10.1. The third-order valence-electron chi connectivity index (χ3n) is 3.16. The van der Waals surface area contributed by atoms with Crippen molar-refractivity contribution in [3.63, 3.8) is 0 Å². The summed E-state index contributed by atoms with van der Waals surface area (Å²) in [6.45, 7) is 0. The van der Waals surface area contributed by atoms with E-state index in [1.807, 2.05) is 0 Å². The van der Waals surface area contributed by atoms with Crippen molar-refractivity contribution in [2.24, 2.45) is 0 Å². The molecule has 0 spiro atoms. The predicted octanol–water partition coefficient (Wildman–Crippen LogP) is 4.50. The van der Waals surface area contributed by atoms with E-state index in [1.165, 1.54) is 18.2 Å². The number of fused-ring (bicyclic) bond motifs is 1. The van der Waals surface area contributed by atoms with Crippen LogP contribution in [0.2, 0.25) is 0 Å². The van der Waals surface area contributed by atoms with Crippen LogP contribution in [-0.2, 0) is 0 Å². The van der Waals surface area contributed by atoms with Crippen LogP contribution in [0.1, 0.15) is 10.4 Å². The summed E-state index contributed by atoms with van der Waals surface area (Å²) in [7, 11) is 0. The summed E-state index contributed by atoms with van der Waals surface area (Å²) in [6, 6.07) is 12.6. The fraction of sp³-hybridized carbons (Fsp3) is 0. The Hall–Kier alpha value is -2.27. The summed E-state index contributed by atoms with van der Waals surface area (Å²) in [4.78, 5) is 15.9. The Bertz CT molecular complexity index is 847. The first-order valence-corrected chi connectivity index (χ1v) is 6.94. The summed E-state index contributed by atoms with van der Waals surface area (Å²) in [5, 5.41) is 9.94. The van der Waals surface area contributed by atoms with Crippen LogP contribution in [0.3, 0.4) is 0 Å². The number of para-hydroxylation sites is 1. The second-order valence-electron chi connectivity index (χ2n) is 4.50. The largest absolute Gasteiger partial charge is 0.478 e. The summed E-state index contributed by atoms with van der Waals surface area (Å²) in [5.74, 6) is -1.37. The van der Waals surface area contributed by atoms with Gasteiger partial charge in [-0.1, -0.05) is 12.1 Å². The van der Waals surface area contributed by atoms with Crippen molar-refractivity contribution in [3.8, 4) is 11.3 Å². The molecular formula is C16H9BrFNO2. The maximum Gasteiger partial charge on any atom is 0.336 e. The van der Waals surface area contributed by atoms with Crippen molar-refractivity contribution in [3.05, 3.63) is 64.4 Å². The van der Waals surface area contributed by atoms with Crippen LogP contribution in [0.4, 0.5) is 4.39 Å². The van der Waals surface area contributed by atoms with E-state index < -0.39 is 5.97 Å². The lowest BCUT2D eigenvalue weighted by molar-refractivity contribution is 0.0699. The molecule has 0 saturated heterocycles. The van der Waals surface area contributed by atoms with E-state index in [1.54, 1.807) is 30.3 Å². The van der Waals surface area contributed by atoms with Gasteiger partial charge in [-0.15, -0.1) is 0 Å². The number of halogens is 2. The van der Waals surface area contributed by atoms with Gasteiger partial charge >= 0.3 is 5.97 Å². The molecule has 104 valence electrons. The van der Waals surface area contributed by atoms with E-state index in [0.717, 1.165) is 0 Å². The first kappa shape index (κ1) is 13.7. The van der Waals surface area contributed by atoms with Crippen molar-refractivity contribution >= 4 is 32.8 Å². The molecule has 21 heavy (non-hydrogen) atoms. The molecule has 0 bridgehead atoms. The van der Waals surface area contributed by atoms with Crippen LogP contribution < -0.4 is 0 Å². The Labute approximate surface area is 128 Å². The molecule has 0 saturated carbocycles. The highest BCUT2D eigenvalue weighted by molar-refractivity contribution is 9.10. The lowest BCUT2D eigenvalue weighted by Crippen LogP contribution is -2.00. The first-order valence-electron chi connectivity index (χ1n) is 6.15. The number of hydrogen-bond donors (Lipinski definition) is 1. The van der Waals surface area contributed by atoms with Gasteiger partial charge in [0.1, 0.15) is 5.82 Å². The Kier molecular flexibility index (Phi) is 3.43. The monoisotopic (exact) mass is 345 g/mol. The van der Waals surface area contributed by atoms with Crippen LogP contribution in [0, 0.1) is 5.82 Å². The van der Waals surface area contributed by atoms with Crippen LogP contribution in [0.15, 0.2) is 53.0 Å². The van der Waals surface area contributed by atoms with E-state index in [9.17, 15) is 14.3 Å². The quantitative estimate of drug-likeness (QED) is 0.743. The number of benzene rings is 2. The van der Waals surface area contributed by atoms with E-state index >= 15 is 0 Å². The number of carboxylic acids is 1. The van der Waals surface area contributed by atoms with E-state index in [2.05, 4.69) is 20.9 Å². The normalized spacial score (nSPS) is 10.8. The minimum Gasteiger partial charge on any atom is -0.478 e. The summed E-state index contributed by atoms with van der Waals surface area (Å²) < 4.78 is 13.7. The fourth-order valence-electron chi connectivity index (χ4n) is 2.16. The smallest absolute Gasteiger partial charge is 0.336 e. The van der Waals surface area contributed by atoms with Gasteiger partial charge in [-0.05, 0) is 52.3 Å². The summed E-state index contributed by atoms with van der Waals surface area (Å²) >= 11 is 3.38. The SMILES string of the molecule is O=C(O)c1cc(-c2ccc(F)cc2)nc2c(Br)cccc12. The molecule has 0 radical (unpaired) electrons. The fourth-order valence-corrected chi connectivity index (χ4v) is 2.61. The molecule has 1 heterocycles. The van der Waals surface area contributed by atoms with Crippen molar-refractivity contribution in [2.75, 3.05) is 0 Å². The van der Waals surface area contributed by atoms with E-state index in [-0.39, 0.29) is 11.4 Å². The topological polar surface area (TPSA) is 50.2 Å². The lowest BCUT2D eigenvalue weighted by atomic mass is 10.0. The minimum absolute atomic E-state index is 0.167. The van der Waals surface area contributed by atoms with Crippen molar-refractivity contribution in [1.29, 1.82) is 0 Å². The van der Waals surface area contributed by atoms with Gasteiger partial charge < -0.3 is 5.11 Å². The van der Waals surface area contributed by atoms with Gasteiger partial charge in [0.2, 0.25) is 0 Å². The number of aromatic carboxylic acids is 1. The van der Waals surface area contributed by atoms with Crippen molar-refractivity contribution in [2.45, 2.75) is 0 Å². The number of hydrogen-bond acceptors (Lipinski definition) is 2. The predicted molar refractivity (Wildman–Crippen MR) is 81.8 cm³/mol. The maximum atomic E-state index is 13.0. The van der Waals surface area contributed by atoms with Crippen LogP contribution in [0.25, 0.3) is 22.2 Å². The van der Waals surface area contributed by atoms with Gasteiger partial charge in [-0.3, -0.25) is 0 Å². The molecule has 3 nitrogen and oxygen atoms in total. The second-order valence-corrected chi connectivity index (χ2v) is 5.36. The van der Waals surface area contributed by atoms with E-state index in [0.29, 0.717) is 26.6 Å². The Morgan fingerprint density at radius 3 is 2.52 bits per heavy atom. The molecule has 0 aliphatic heterocycles. The molecule has 0 atom stereocenters. The Morgan fingerprint density at radius 2 is 1.86 bits per heavy atom. The molecule has 2 aromatic carbocycles. The zero-order valence-electron chi connectivity index (χ0n) is 10.7. The average molecular weight is 346 g/mol. The summed E-state index contributed by atoms with van der Waals surface area (Å²) in [5.41, 5.74) is 1.89. The van der Waals surface area contributed by atoms with Gasteiger partial charge in [-0.2, -0.15) is 0 Å². The molecule has 0 amide bonds. The zero-order chi connectivity index (χ0) is 15.0. The Balaban J connectivity index is 2.32. The van der Waals surface area contributed by atoms with Crippen molar-refractivity contribution < 1.29 is 14.3 Å². The third kappa shape index (κ3) is 2.52. The Morgan fingerprint density at radius 1 is 1.14 bits per heavy atom. The number of aromatic nitrogens is 1. The van der Waals surface area contributed by atoms with Crippen LogP contribution in [-0.4, -0.2) is 16.1 Å². The van der Waals surface area contributed by atoms with Crippen LogP contribution in [0.5, 0.6) is 0 Å². The molecule has 5 heteroatoms. The molecule has 0 unspecified atom stereocenters. The summed E-state index contributed by atoms with van der Waals surface area (Å²) in [6.07, 6.45) is 0. The van der Waals surface area contributed by atoms with Gasteiger partial charge in [0.15, 0.2) is 0 Å². The number of carboxylic acid groups (broad SMARTS) is 1. The number of nitrogens with zero attached hydrogens (tertiary/aromatic N) is 1. The highest BCUT2D eigenvalue weighted by Gasteiger charge is 2.14. The molecule has 3 rings (SSSR count). The number of pyridine rings is 1. The molecular weight excluding hydrogens is 337 g/mol. The third-order valence-corrected chi connectivity index (χ3v) is 3.80. The zero-order valence-corrected chi connectivity index (χ0v) is 12.3. The maximum absolute atomic E-state index is 13.0. The van der Waals surface area contributed by atoms with Crippen LogP contribution >= 0.6 is 15.9 Å². The number of rotatable bonds is 2. The highest BCUT2D eigenvalue weighted by atomic mass is 79.9. The molecule has 0 aliphatic carbocycles. The second kappa shape index (κ2) is 5.26. The molecule has 0 aliphatic rings. The van der Waals surface area contributed by atoms with Gasteiger partial charge in [0, 0.05) is 15.4 Å². The standard InChI is InChI=1S/C16H9BrFNO2/c17-13-3-1-2-11-12(16(20)21)8-14(19-15(11)13)9-4-6-10(18)7-5-9/h1-8H,(H,20,21). The average Bonchev–Trinajstić information content (AvgIpc) is 2.47. The van der Waals surface area contributed by atoms with Gasteiger partial charge in [0.05, 0.1) is 16.8 Å². The highest BCUT2D eigenvalue weighted by Crippen LogP contribution is 2.29. The lowest BCUT2D eigenvalue weighted by Gasteiger charge is -2.08.